The van der Waals surface area contributed by atoms with E-state index < -0.39 is 86.2 Å². The molecular formula is C25H13Cl4F6N3O3. The monoisotopic (exact) mass is 657 g/mol. The van der Waals surface area contributed by atoms with E-state index in [0.717, 1.165) is 0 Å². The zero-order valence-electron chi connectivity index (χ0n) is 19.8. The minimum absolute atomic E-state index is 0.172. The highest BCUT2D eigenvalue weighted by molar-refractivity contribution is 6.53. The predicted octanol–water partition coefficient (Wildman–Crippen LogP) is 7.53. The van der Waals surface area contributed by atoms with E-state index in [9.17, 15) is 40.7 Å². The summed E-state index contributed by atoms with van der Waals surface area (Å²) >= 11 is 24.4. The van der Waals surface area contributed by atoms with Gasteiger partial charge in [0.2, 0.25) is 5.91 Å². The fourth-order valence-corrected chi connectivity index (χ4v) is 5.09. The van der Waals surface area contributed by atoms with Gasteiger partial charge in [-0.05, 0) is 35.9 Å². The van der Waals surface area contributed by atoms with E-state index >= 15 is 0 Å². The number of nitrogens with one attached hydrogen (secondary N) is 3. The van der Waals surface area contributed by atoms with Crippen molar-refractivity contribution in [3.05, 3.63) is 86.9 Å². The molecule has 0 heterocycles. The number of amides is 3. The third-order valence-corrected chi connectivity index (χ3v) is 7.64. The number of carbonyl (C=O) groups excluding carboxylic acids is 3. The van der Waals surface area contributed by atoms with Crippen molar-refractivity contribution < 1.29 is 40.7 Å². The molecule has 0 radical (unpaired) electrons. The molecule has 3 amide bonds. The number of benzene rings is 3. The molecular weight excluding hydrogens is 646 g/mol. The van der Waals surface area contributed by atoms with Crippen LogP contribution in [0, 0.1) is 29.2 Å². The van der Waals surface area contributed by atoms with E-state index in [2.05, 4.69) is 5.32 Å². The average Bonchev–Trinajstić information content (AvgIpc) is 3.48. The lowest BCUT2D eigenvalue weighted by molar-refractivity contribution is -0.126. The molecule has 0 aliphatic heterocycles. The first-order valence-corrected chi connectivity index (χ1v) is 12.7. The Balaban J connectivity index is 1.56. The lowest BCUT2D eigenvalue weighted by Crippen LogP contribution is -2.22. The van der Waals surface area contributed by atoms with E-state index in [1.54, 1.807) is 5.32 Å². The first kappa shape index (κ1) is 30.8. The van der Waals surface area contributed by atoms with Crippen molar-refractivity contribution in [1.29, 1.82) is 0 Å². The largest absolute Gasteiger partial charge is 0.326 e. The number of rotatable bonds is 7. The Morgan fingerprint density at radius 1 is 0.805 bits per heavy atom. The van der Waals surface area contributed by atoms with Crippen LogP contribution in [0.25, 0.3) is 0 Å². The smallest absolute Gasteiger partial charge is 0.315 e. The molecule has 0 spiro atoms. The van der Waals surface area contributed by atoms with E-state index in [0.29, 0.717) is 29.8 Å². The van der Waals surface area contributed by atoms with Gasteiger partial charge in [-0.3, -0.25) is 14.4 Å². The molecule has 1 fully saturated rings. The van der Waals surface area contributed by atoms with Gasteiger partial charge in [0.1, 0.15) is 15.8 Å². The van der Waals surface area contributed by atoms with Crippen LogP contribution in [0.2, 0.25) is 10.0 Å². The van der Waals surface area contributed by atoms with Gasteiger partial charge in [0.15, 0.2) is 17.5 Å². The molecule has 0 aromatic heterocycles. The van der Waals surface area contributed by atoms with Crippen molar-refractivity contribution in [2.24, 2.45) is 5.92 Å². The van der Waals surface area contributed by atoms with Crippen LogP contribution in [0.15, 0.2) is 42.5 Å². The lowest BCUT2D eigenvalue weighted by Gasteiger charge is -2.13. The summed E-state index contributed by atoms with van der Waals surface area (Å²) in [5.74, 6) is -12.7. The fraction of sp³-hybridized carbons (Fsp3) is 0.160. The van der Waals surface area contributed by atoms with Gasteiger partial charge >= 0.3 is 6.43 Å². The third-order valence-electron chi connectivity index (χ3n) is 5.96. The summed E-state index contributed by atoms with van der Waals surface area (Å²) in [5, 5.41) is 5.81. The highest BCUT2D eigenvalue weighted by Crippen LogP contribution is 2.65. The topological polar surface area (TPSA) is 87.3 Å². The number of anilines is 3. The number of carbonyl (C=O) groups is 3. The number of halogens is 10. The average molecular weight is 659 g/mol. The van der Waals surface area contributed by atoms with Gasteiger partial charge in [0.05, 0.1) is 27.2 Å². The van der Waals surface area contributed by atoms with Crippen LogP contribution in [0.3, 0.4) is 0 Å². The Kier molecular flexibility index (Phi) is 8.70. The summed E-state index contributed by atoms with van der Waals surface area (Å²) in [4.78, 5) is 36.8. The summed E-state index contributed by atoms with van der Waals surface area (Å²) in [6.45, 7) is 0. The third kappa shape index (κ3) is 6.20. The molecule has 0 bridgehead atoms. The first-order valence-electron chi connectivity index (χ1n) is 11.1. The number of hydrogen-bond donors (Lipinski definition) is 3. The van der Waals surface area contributed by atoms with Crippen LogP contribution in [0.4, 0.5) is 43.4 Å². The standard InChI is InChI=1S/C25H13Cl4F6N3O3/c26-11-2-1-8(5-12(11)27)16-17(25(16,28)29)23(40)36-9-6-10(18(32)14(31)7-9)22(39)38-20-13(30)3-4-15(19(20)33)37-24(41)21(34)35/h1-7,16-17,21H,(H,36,40)(H,37,41)(H,38,39)/t16-,17+/m0/s1. The fourth-order valence-electron chi connectivity index (χ4n) is 3.95. The first-order chi connectivity index (χ1) is 19.1. The van der Waals surface area contributed by atoms with Crippen molar-refractivity contribution in [2.45, 2.75) is 16.7 Å². The second-order valence-corrected chi connectivity index (χ2v) is 10.9. The van der Waals surface area contributed by atoms with E-state index in [1.807, 2.05) is 0 Å². The van der Waals surface area contributed by atoms with Crippen LogP contribution in [0.1, 0.15) is 21.8 Å². The van der Waals surface area contributed by atoms with Gasteiger partial charge in [-0.1, -0.05) is 29.3 Å². The Morgan fingerprint density at radius 2 is 1.49 bits per heavy atom. The normalized spacial score (nSPS) is 17.2. The maximum atomic E-state index is 14.7. The molecule has 2 atom stereocenters. The van der Waals surface area contributed by atoms with Crippen molar-refractivity contribution >= 4 is 81.2 Å². The van der Waals surface area contributed by atoms with Gasteiger partial charge in [0.25, 0.3) is 11.8 Å². The molecule has 0 saturated heterocycles. The molecule has 3 N–H and O–H groups in total. The lowest BCUT2D eigenvalue weighted by atomic mass is 10.1. The molecule has 3 aromatic rings. The number of hydrogen-bond acceptors (Lipinski definition) is 3. The zero-order chi connectivity index (χ0) is 30.4. The highest BCUT2D eigenvalue weighted by atomic mass is 35.5. The molecule has 1 aliphatic rings. The zero-order valence-corrected chi connectivity index (χ0v) is 22.8. The second-order valence-electron chi connectivity index (χ2n) is 8.64. The molecule has 6 nitrogen and oxygen atoms in total. The molecule has 1 aliphatic carbocycles. The van der Waals surface area contributed by atoms with Crippen molar-refractivity contribution in [1.82, 2.24) is 0 Å². The maximum Gasteiger partial charge on any atom is 0.315 e. The van der Waals surface area contributed by atoms with Gasteiger partial charge in [-0.2, -0.15) is 8.78 Å². The van der Waals surface area contributed by atoms with Crippen LogP contribution < -0.4 is 16.0 Å². The Hall–Kier alpha value is -3.19. The minimum Gasteiger partial charge on any atom is -0.326 e. The summed E-state index contributed by atoms with van der Waals surface area (Å²) in [6, 6.07) is 6.79. The molecule has 216 valence electrons. The van der Waals surface area contributed by atoms with Crippen LogP contribution in [0.5, 0.6) is 0 Å². The van der Waals surface area contributed by atoms with Crippen molar-refractivity contribution in [3.63, 3.8) is 0 Å². The molecule has 4 rings (SSSR count). The Labute approximate surface area is 246 Å². The summed E-state index contributed by atoms with van der Waals surface area (Å²) in [7, 11) is 0. The van der Waals surface area contributed by atoms with Gasteiger partial charge in [-0.25, -0.2) is 17.6 Å². The molecule has 0 unspecified atom stereocenters. The summed E-state index contributed by atoms with van der Waals surface area (Å²) < 4.78 is 81.2. The molecule has 3 aromatic carbocycles. The van der Waals surface area contributed by atoms with E-state index in [1.165, 1.54) is 23.5 Å². The second kappa shape index (κ2) is 11.6. The Bertz CT molecular complexity index is 1590. The Morgan fingerprint density at radius 3 is 2.12 bits per heavy atom. The SMILES string of the molecule is O=C(Nc1c(F)ccc(NC(=O)C(F)F)c1F)c1cc(NC(=O)[C@H]2[C@H](c3ccc(Cl)c(Cl)c3)C2(Cl)Cl)cc(F)c1F. The predicted molar refractivity (Wildman–Crippen MR) is 141 cm³/mol. The highest BCUT2D eigenvalue weighted by Gasteiger charge is 2.67. The van der Waals surface area contributed by atoms with Crippen LogP contribution >= 0.6 is 46.4 Å². The number of alkyl halides is 4. The molecule has 16 heteroatoms. The van der Waals surface area contributed by atoms with Crippen molar-refractivity contribution in [3.8, 4) is 0 Å². The van der Waals surface area contributed by atoms with Crippen molar-refractivity contribution in [2.75, 3.05) is 16.0 Å². The quantitative estimate of drug-likeness (QED) is 0.181. The molecule has 41 heavy (non-hydrogen) atoms. The van der Waals surface area contributed by atoms with Crippen LogP contribution in [-0.2, 0) is 9.59 Å². The maximum absolute atomic E-state index is 14.7. The van der Waals surface area contributed by atoms with Crippen LogP contribution in [-0.4, -0.2) is 28.5 Å². The van der Waals surface area contributed by atoms with E-state index in [4.69, 9.17) is 46.4 Å². The summed E-state index contributed by atoms with van der Waals surface area (Å²) in [5.41, 5.74) is -3.26. The van der Waals surface area contributed by atoms with E-state index in [-0.39, 0.29) is 10.0 Å². The molecule has 1 saturated carbocycles. The van der Waals surface area contributed by atoms with Gasteiger partial charge in [0, 0.05) is 17.7 Å². The minimum atomic E-state index is -3.54. The summed E-state index contributed by atoms with van der Waals surface area (Å²) in [6.07, 6.45) is -3.54. The van der Waals surface area contributed by atoms with Gasteiger partial charge < -0.3 is 16.0 Å². The van der Waals surface area contributed by atoms with Gasteiger partial charge in [-0.15, -0.1) is 23.2 Å².